The predicted octanol–water partition coefficient (Wildman–Crippen LogP) is 2.95. The first-order chi connectivity index (χ1) is 12.0. The summed E-state index contributed by atoms with van der Waals surface area (Å²) in [4.78, 5) is 26.1. The van der Waals surface area contributed by atoms with Gasteiger partial charge in [0.15, 0.2) is 5.57 Å². The quantitative estimate of drug-likeness (QED) is 0.322. The molecule has 6 nitrogen and oxygen atoms in total. The first-order valence-corrected chi connectivity index (χ1v) is 8.85. The Balaban J connectivity index is 2.17. The van der Waals surface area contributed by atoms with Gasteiger partial charge in [-0.05, 0) is 32.4 Å². The van der Waals surface area contributed by atoms with Crippen molar-refractivity contribution in [2.24, 2.45) is 0 Å². The highest BCUT2D eigenvalue weighted by Crippen LogP contribution is 2.39. The van der Waals surface area contributed by atoms with Crippen molar-refractivity contribution in [2.75, 3.05) is 13.2 Å². The van der Waals surface area contributed by atoms with Gasteiger partial charge in [0.2, 0.25) is 5.91 Å². The van der Waals surface area contributed by atoms with E-state index in [0.717, 1.165) is 11.5 Å². The molecule has 1 atom stereocenters. The van der Waals surface area contributed by atoms with Crippen molar-refractivity contribution in [1.82, 2.24) is 4.90 Å². The molecular formula is C18H20N2O4S. The lowest BCUT2D eigenvalue weighted by Gasteiger charge is -2.15. The minimum Gasteiger partial charge on any atom is -0.466 e. The van der Waals surface area contributed by atoms with Gasteiger partial charge in [-0.15, -0.1) is 0 Å². The number of hydrogen-bond acceptors (Lipinski definition) is 6. The van der Waals surface area contributed by atoms with Crippen molar-refractivity contribution in [3.8, 4) is 6.07 Å². The summed E-state index contributed by atoms with van der Waals surface area (Å²) in [6.07, 6.45) is 2.61. The van der Waals surface area contributed by atoms with Crippen LogP contribution in [0.3, 0.4) is 0 Å². The van der Waals surface area contributed by atoms with Gasteiger partial charge in [-0.1, -0.05) is 24.4 Å². The van der Waals surface area contributed by atoms with Gasteiger partial charge in [0.25, 0.3) is 0 Å². The van der Waals surface area contributed by atoms with E-state index in [1.807, 2.05) is 25.1 Å². The second kappa shape index (κ2) is 8.58. The largest absolute Gasteiger partial charge is 0.466 e. The number of esters is 1. The van der Waals surface area contributed by atoms with Crippen LogP contribution in [0.25, 0.3) is 0 Å². The maximum absolute atomic E-state index is 12.6. The van der Waals surface area contributed by atoms with Crippen molar-refractivity contribution in [3.05, 3.63) is 46.9 Å². The highest BCUT2D eigenvalue weighted by Gasteiger charge is 2.39. The summed E-state index contributed by atoms with van der Waals surface area (Å²) in [7, 11) is 0. The van der Waals surface area contributed by atoms with Crippen LogP contribution in [0.1, 0.15) is 24.9 Å². The second-order valence-electron chi connectivity index (χ2n) is 5.42. The molecule has 2 rings (SSSR count). The minimum absolute atomic E-state index is 0.0172. The maximum atomic E-state index is 12.6. The number of amides is 1. The lowest BCUT2D eigenvalue weighted by Crippen LogP contribution is -2.29. The van der Waals surface area contributed by atoms with Crippen molar-refractivity contribution in [2.45, 2.75) is 31.9 Å². The summed E-state index contributed by atoms with van der Waals surface area (Å²) in [5.74, 6) is 0.804. The molecule has 0 bridgehead atoms. The average Bonchev–Trinajstić information content (AvgIpc) is 3.15. The summed E-state index contributed by atoms with van der Waals surface area (Å²) >= 11 is 1.24. The van der Waals surface area contributed by atoms with Gasteiger partial charge < -0.3 is 14.1 Å². The molecule has 132 valence electrons. The fraction of sp³-hybridized carbons (Fsp3) is 0.389. The van der Waals surface area contributed by atoms with E-state index in [9.17, 15) is 14.9 Å². The Hall–Kier alpha value is -2.46. The third-order valence-electron chi connectivity index (χ3n) is 3.67. The molecule has 1 aliphatic heterocycles. The zero-order valence-electron chi connectivity index (χ0n) is 14.3. The standard InChI is InChI=1S/C18H20N2O4S/c1-4-10-23-18(22)14(11-19)17-20(5-2)16(21)15(25-17)9-8-13-7-6-12(3)24-13/h4,6-7,15H,1,5,8-10H2,2-3H3. The number of carbonyl (C=O) groups is 2. The third kappa shape index (κ3) is 4.34. The number of hydrogen-bond donors (Lipinski definition) is 0. The summed E-state index contributed by atoms with van der Waals surface area (Å²) < 4.78 is 10.5. The number of thioether (sulfide) groups is 1. The number of rotatable bonds is 7. The lowest BCUT2D eigenvalue weighted by atomic mass is 10.2. The van der Waals surface area contributed by atoms with Gasteiger partial charge >= 0.3 is 5.97 Å². The first-order valence-electron chi connectivity index (χ1n) is 7.97. The highest BCUT2D eigenvalue weighted by atomic mass is 32.2. The van der Waals surface area contributed by atoms with Crippen LogP contribution in [0.2, 0.25) is 0 Å². The van der Waals surface area contributed by atoms with E-state index in [4.69, 9.17) is 9.15 Å². The van der Waals surface area contributed by atoms with Crippen LogP contribution in [0.4, 0.5) is 0 Å². The minimum atomic E-state index is -0.738. The van der Waals surface area contributed by atoms with Gasteiger partial charge in [-0.2, -0.15) is 5.26 Å². The van der Waals surface area contributed by atoms with Crippen molar-refractivity contribution in [3.63, 3.8) is 0 Å². The van der Waals surface area contributed by atoms with Crippen LogP contribution in [0, 0.1) is 18.3 Å². The Morgan fingerprint density at radius 1 is 1.56 bits per heavy atom. The zero-order chi connectivity index (χ0) is 18.4. The number of ether oxygens (including phenoxy) is 1. The van der Waals surface area contributed by atoms with Crippen molar-refractivity contribution < 1.29 is 18.7 Å². The highest BCUT2D eigenvalue weighted by molar-refractivity contribution is 8.04. The number of carbonyl (C=O) groups excluding carboxylic acids is 2. The Bertz CT molecular complexity index is 745. The molecule has 1 aromatic heterocycles. The Morgan fingerprint density at radius 2 is 2.32 bits per heavy atom. The number of nitriles is 1. The molecule has 0 aliphatic carbocycles. The zero-order valence-corrected chi connectivity index (χ0v) is 15.1. The molecule has 1 fully saturated rings. The van der Waals surface area contributed by atoms with Crippen LogP contribution in [0.5, 0.6) is 0 Å². The van der Waals surface area contributed by atoms with Crippen LogP contribution >= 0.6 is 11.8 Å². The average molecular weight is 360 g/mol. The van der Waals surface area contributed by atoms with Crippen molar-refractivity contribution in [1.29, 1.82) is 5.26 Å². The fourth-order valence-electron chi connectivity index (χ4n) is 2.48. The van der Waals surface area contributed by atoms with E-state index >= 15 is 0 Å². The summed E-state index contributed by atoms with van der Waals surface area (Å²) in [6.45, 7) is 7.55. The van der Waals surface area contributed by atoms with Gasteiger partial charge in [0, 0.05) is 13.0 Å². The second-order valence-corrected chi connectivity index (χ2v) is 6.61. The Labute approximate surface area is 151 Å². The molecule has 0 N–H and O–H groups in total. The van der Waals surface area contributed by atoms with Gasteiger partial charge in [-0.3, -0.25) is 4.79 Å². The van der Waals surface area contributed by atoms with Gasteiger partial charge in [0.05, 0.1) is 5.25 Å². The van der Waals surface area contributed by atoms with Crippen LogP contribution in [-0.2, 0) is 20.7 Å². The molecule has 7 heteroatoms. The van der Waals surface area contributed by atoms with Gasteiger partial charge in [-0.25, -0.2) is 4.79 Å². The molecule has 0 saturated carbocycles. The molecule has 0 spiro atoms. The SMILES string of the molecule is C=CCOC(=O)C(C#N)=C1SC(CCc2ccc(C)o2)C(=O)N1CC. The predicted molar refractivity (Wildman–Crippen MR) is 94.3 cm³/mol. The molecule has 1 unspecified atom stereocenters. The third-order valence-corrected chi connectivity index (χ3v) is 5.04. The number of aryl methyl sites for hydroxylation is 2. The molecule has 1 aromatic rings. The molecule has 1 aliphatic rings. The van der Waals surface area contributed by atoms with E-state index in [-0.39, 0.29) is 23.3 Å². The monoisotopic (exact) mass is 360 g/mol. The Morgan fingerprint density at radius 3 is 2.88 bits per heavy atom. The maximum Gasteiger partial charge on any atom is 0.351 e. The summed E-state index contributed by atoms with van der Waals surface area (Å²) in [6, 6.07) is 5.64. The fourth-order valence-corrected chi connectivity index (χ4v) is 3.81. The van der Waals surface area contributed by atoms with E-state index in [1.54, 1.807) is 6.92 Å². The summed E-state index contributed by atoms with van der Waals surface area (Å²) in [5.41, 5.74) is -0.140. The van der Waals surface area contributed by atoms with Gasteiger partial charge in [0.1, 0.15) is 29.2 Å². The Kier molecular flexibility index (Phi) is 6.48. The molecule has 1 saturated heterocycles. The number of nitrogens with zero attached hydrogens (tertiary/aromatic N) is 2. The smallest absolute Gasteiger partial charge is 0.351 e. The van der Waals surface area contributed by atoms with E-state index in [2.05, 4.69) is 6.58 Å². The molecular weight excluding hydrogens is 340 g/mol. The number of furan rings is 1. The first kappa shape index (κ1) is 18.9. The topological polar surface area (TPSA) is 83.5 Å². The van der Waals surface area contributed by atoms with E-state index < -0.39 is 5.97 Å². The molecule has 0 aromatic carbocycles. The molecule has 2 heterocycles. The van der Waals surface area contributed by atoms with Crippen molar-refractivity contribution >= 4 is 23.6 Å². The van der Waals surface area contributed by atoms with E-state index in [1.165, 1.54) is 22.7 Å². The summed E-state index contributed by atoms with van der Waals surface area (Å²) in [5, 5.41) is 9.37. The molecule has 0 radical (unpaired) electrons. The lowest BCUT2D eigenvalue weighted by molar-refractivity contribution is -0.137. The van der Waals surface area contributed by atoms with Crippen LogP contribution in [-0.4, -0.2) is 35.2 Å². The van der Waals surface area contributed by atoms with Crippen LogP contribution in [0.15, 0.2) is 39.8 Å². The normalized spacial score (nSPS) is 18.8. The molecule has 1 amide bonds. The van der Waals surface area contributed by atoms with E-state index in [0.29, 0.717) is 24.4 Å². The molecule has 25 heavy (non-hydrogen) atoms. The van der Waals surface area contributed by atoms with Crippen LogP contribution < -0.4 is 0 Å².